The van der Waals surface area contributed by atoms with E-state index in [4.69, 9.17) is 4.74 Å². The standard InChI is InChI=1S/C20H23N3O/c1-24-16-9-7-14(8-10-16)18-13-22-20-17(11-12-21-20)19(18)23-15-5-3-2-4-6-15/h7-13,15H,2-6H2,1H3,(H2,21,22,23). The first-order chi connectivity index (χ1) is 11.8. The Bertz CT molecular complexity index is 817. The number of nitrogens with zero attached hydrogens (tertiary/aromatic N) is 1. The van der Waals surface area contributed by atoms with Crippen molar-refractivity contribution in [3.63, 3.8) is 0 Å². The SMILES string of the molecule is COc1ccc(-c2cnc3[nH]ccc3c2NC2CCCCC2)cc1. The molecule has 2 heterocycles. The molecule has 124 valence electrons. The maximum Gasteiger partial charge on any atom is 0.139 e. The number of ether oxygens (including phenoxy) is 1. The first-order valence-corrected chi connectivity index (χ1v) is 8.72. The summed E-state index contributed by atoms with van der Waals surface area (Å²) in [5.74, 6) is 0.872. The summed E-state index contributed by atoms with van der Waals surface area (Å²) in [6, 6.07) is 10.9. The molecule has 2 aromatic heterocycles. The number of nitrogens with one attached hydrogen (secondary N) is 2. The number of anilines is 1. The molecule has 4 heteroatoms. The Balaban J connectivity index is 1.76. The number of H-pyrrole nitrogens is 1. The molecule has 0 spiro atoms. The van der Waals surface area contributed by atoms with Crippen LogP contribution in [0.1, 0.15) is 32.1 Å². The van der Waals surface area contributed by atoms with E-state index >= 15 is 0 Å². The molecule has 0 atom stereocenters. The Morgan fingerprint density at radius 1 is 1.08 bits per heavy atom. The topological polar surface area (TPSA) is 49.9 Å². The Morgan fingerprint density at radius 3 is 2.62 bits per heavy atom. The highest BCUT2D eigenvalue weighted by molar-refractivity contribution is 5.98. The second-order valence-corrected chi connectivity index (χ2v) is 6.49. The summed E-state index contributed by atoms with van der Waals surface area (Å²) < 4.78 is 5.28. The predicted octanol–water partition coefficient (Wildman–Crippen LogP) is 4.98. The van der Waals surface area contributed by atoms with Crippen LogP contribution in [0.5, 0.6) is 5.75 Å². The van der Waals surface area contributed by atoms with Crippen molar-refractivity contribution in [2.24, 2.45) is 0 Å². The number of aromatic nitrogens is 2. The van der Waals surface area contributed by atoms with Gasteiger partial charge in [-0.05, 0) is 36.6 Å². The average molecular weight is 321 g/mol. The molecule has 1 aliphatic carbocycles. The summed E-state index contributed by atoms with van der Waals surface area (Å²) in [5, 5.41) is 4.98. The first-order valence-electron chi connectivity index (χ1n) is 8.72. The Kier molecular flexibility index (Phi) is 4.11. The van der Waals surface area contributed by atoms with Crippen molar-refractivity contribution in [1.29, 1.82) is 0 Å². The molecule has 2 N–H and O–H groups in total. The van der Waals surface area contributed by atoms with Gasteiger partial charge in [0.05, 0.1) is 12.8 Å². The summed E-state index contributed by atoms with van der Waals surface area (Å²) in [6.07, 6.45) is 10.4. The first kappa shape index (κ1) is 15.1. The van der Waals surface area contributed by atoms with Gasteiger partial charge in [0.15, 0.2) is 0 Å². The lowest BCUT2D eigenvalue weighted by molar-refractivity contribution is 0.415. The minimum Gasteiger partial charge on any atom is -0.497 e. The number of hydrogen-bond donors (Lipinski definition) is 2. The fourth-order valence-corrected chi connectivity index (χ4v) is 3.60. The van der Waals surface area contributed by atoms with Gasteiger partial charge in [0.1, 0.15) is 11.4 Å². The van der Waals surface area contributed by atoms with Crippen LogP contribution in [0, 0.1) is 0 Å². The van der Waals surface area contributed by atoms with Crippen molar-refractivity contribution in [3.8, 4) is 16.9 Å². The van der Waals surface area contributed by atoms with Crippen molar-refractivity contribution >= 4 is 16.7 Å². The third-order valence-corrected chi connectivity index (χ3v) is 4.94. The smallest absolute Gasteiger partial charge is 0.139 e. The second kappa shape index (κ2) is 6.56. The third kappa shape index (κ3) is 2.84. The quantitative estimate of drug-likeness (QED) is 0.712. The Morgan fingerprint density at radius 2 is 1.88 bits per heavy atom. The van der Waals surface area contributed by atoms with Crippen LogP contribution in [0.15, 0.2) is 42.7 Å². The second-order valence-electron chi connectivity index (χ2n) is 6.49. The number of fused-ring (bicyclic) bond motifs is 1. The average Bonchev–Trinajstić information content (AvgIpc) is 3.12. The van der Waals surface area contributed by atoms with Crippen molar-refractivity contribution in [3.05, 3.63) is 42.7 Å². The van der Waals surface area contributed by atoms with Crippen LogP contribution in [0.4, 0.5) is 5.69 Å². The lowest BCUT2D eigenvalue weighted by Gasteiger charge is -2.25. The number of hydrogen-bond acceptors (Lipinski definition) is 3. The van der Waals surface area contributed by atoms with Gasteiger partial charge in [-0.2, -0.15) is 0 Å². The molecule has 4 rings (SSSR count). The van der Waals surface area contributed by atoms with E-state index in [0.29, 0.717) is 6.04 Å². The predicted molar refractivity (Wildman–Crippen MR) is 98.6 cm³/mol. The van der Waals surface area contributed by atoms with Crippen molar-refractivity contribution in [2.45, 2.75) is 38.1 Å². The van der Waals surface area contributed by atoms with Gasteiger partial charge in [-0.1, -0.05) is 31.4 Å². The third-order valence-electron chi connectivity index (χ3n) is 4.94. The van der Waals surface area contributed by atoms with E-state index in [2.05, 4.69) is 33.5 Å². The molecule has 0 aliphatic heterocycles. The van der Waals surface area contributed by atoms with Gasteiger partial charge >= 0.3 is 0 Å². The maximum atomic E-state index is 5.28. The highest BCUT2D eigenvalue weighted by Crippen LogP contribution is 2.36. The summed E-state index contributed by atoms with van der Waals surface area (Å²) >= 11 is 0. The molecule has 4 nitrogen and oxygen atoms in total. The fraction of sp³-hybridized carbons (Fsp3) is 0.350. The van der Waals surface area contributed by atoms with Gasteiger partial charge in [-0.25, -0.2) is 4.98 Å². The lowest BCUT2D eigenvalue weighted by atomic mass is 9.94. The van der Waals surface area contributed by atoms with Gasteiger partial charge in [0.2, 0.25) is 0 Å². The number of methoxy groups -OCH3 is 1. The molecule has 3 aromatic rings. The van der Waals surface area contributed by atoms with Crippen molar-refractivity contribution in [1.82, 2.24) is 9.97 Å². The van der Waals surface area contributed by atoms with Gasteiger partial charge in [-0.3, -0.25) is 0 Å². The van der Waals surface area contributed by atoms with E-state index in [1.165, 1.54) is 37.8 Å². The molecular weight excluding hydrogens is 298 g/mol. The summed E-state index contributed by atoms with van der Waals surface area (Å²) in [7, 11) is 1.69. The monoisotopic (exact) mass is 321 g/mol. The zero-order chi connectivity index (χ0) is 16.4. The van der Waals surface area contributed by atoms with Gasteiger partial charge in [-0.15, -0.1) is 0 Å². The molecule has 1 aromatic carbocycles. The molecule has 0 bridgehead atoms. The molecule has 0 radical (unpaired) electrons. The molecule has 0 unspecified atom stereocenters. The summed E-state index contributed by atoms with van der Waals surface area (Å²) in [6.45, 7) is 0. The summed E-state index contributed by atoms with van der Waals surface area (Å²) in [4.78, 5) is 7.81. The molecule has 1 aliphatic rings. The van der Waals surface area contributed by atoms with E-state index < -0.39 is 0 Å². The minimum atomic E-state index is 0.552. The van der Waals surface area contributed by atoms with Crippen LogP contribution in [-0.4, -0.2) is 23.1 Å². The fourth-order valence-electron chi connectivity index (χ4n) is 3.60. The van der Waals surface area contributed by atoms with E-state index in [9.17, 15) is 0 Å². The number of aromatic amines is 1. The van der Waals surface area contributed by atoms with Crippen LogP contribution in [0.2, 0.25) is 0 Å². The zero-order valence-corrected chi connectivity index (χ0v) is 14.0. The molecule has 0 amide bonds. The van der Waals surface area contributed by atoms with Gasteiger partial charge in [0, 0.05) is 29.4 Å². The highest BCUT2D eigenvalue weighted by atomic mass is 16.5. The van der Waals surface area contributed by atoms with Crippen LogP contribution in [0.25, 0.3) is 22.2 Å². The summed E-state index contributed by atoms with van der Waals surface area (Å²) in [5.41, 5.74) is 4.43. The van der Waals surface area contributed by atoms with Gasteiger partial charge < -0.3 is 15.0 Å². The minimum absolute atomic E-state index is 0.552. The van der Waals surface area contributed by atoms with E-state index in [1.54, 1.807) is 7.11 Å². The largest absolute Gasteiger partial charge is 0.497 e. The number of pyridine rings is 1. The highest BCUT2D eigenvalue weighted by Gasteiger charge is 2.18. The van der Waals surface area contributed by atoms with Crippen LogP contribution >= 0.6 is 0 Å². The lowest BCUT2D eigenvalue weighted by Crippen LogP contribution is -2.22. The number of rotatable bonds is 4. The van der Waals surface area contributed by atoms with Crippen LogP contribution in [0.3, 0.4) is 0 Å². The van der Waals surface area contributed by atoms with E-state index in [0.717, 1.165) is 27.9 Å². The molecule has 1 fully saturated rings. The Labute approximate surface area is 142 Å². The van der Waals surface area contributed by atoms with Crippen LogP contribution < -0.4 is 10.1 Å². The van der Waals surface area contributed by atoms with E-state index in [-0.39, 0.29) is 0 Å². The zero-order valence-electron chi connectivity index (χ0n) is 14.0. The normalized spacial score (nSPS) is 15.5. The van der Waals surface area contributed by atoms with E-state index in [1.807, 2.05) is 24.5 Å². The van der Waals surface area contributed by atoms with Gasteiger partial charge in [0.25, 0.3) is 0 Å². The molecule has 1 saturated carbocycles. The molecular formula is C20H23N3O. The Hall–Kier alpha value is -2.49. The van der Waals surface area contributed by atoms with Crippen LogP contribution in [-0.2, 0) is 0 Å². The maximum absolute atomic E-state index is 5.28. The number of benzene rings is 1. The van der Waals surface area contributed by atoms with Crippen molar-refractivity contribution < 1.29 is 4.74 Å². The molecule has 0 saturated heterocycles. The van der Waals surface area contributed by atoms with Crippen molar-refractivity contribution in [2.75, 3.05) is 12.4 Å². The molecule has 24 heavy (non-hydrogen) atoms.